The number of rotatable bonds is 5. The van der Waals surface area contributed by atoms with Crippen molar-refractivity contribution in [2.24, 2.45) is 0 Å². The molecule has 0 heterocycles. The van der Waals surface area contributed by atoms with Crippen LogP contribution in [0.3, 0.4) is 0 Å². The van der Waals surface area contributed by atoms with Crippen molar-refractivity contribution in [3.8, 4) is 0 Å². The van der Waals surface area contributed by atoms with Crippen LogP contribution in [0.5, 0.6) is 0 Å². The van der Waals surface area contributed by atoms with Crippen molar-refractivity contribution < 1.29 is 4.79 Å². The Balaban J connectivity index is 1.78. The Hall–Kier alpha value is -1.16. The number of hydrogen-bond donors (Lipinski definition) is 1. The number of nitrogens with one attached hydrogen (secondary N) is 1. The van der Waals surface area contributed by atoms with Crippen molar-refractivity contribution in [1.82, 2.24) is 0 Å². The van der Waals surface area contributed by atoms with Gasteiger partial charge in [-0.25, -0.2) is 0 Å². The second-order valence-corrected chi connectivity index (χ2v) is 6.04. The van der Waals surface area contributed by atoms with Gasteiger partial charge in [0.1, 0.15) is 0 Å². The molecule has 0 aliphatic heterocycles. The summed E-state index contributed by atoms with van der Waals surface area (Å²) in [6, 6.07) is 14.7. The second-order valence-electron chi connectivity index (χ2n) is 4.18. The van der Waals surface area contributed by atoms with Crippen molar-refractivity contribution in [2.45, 2.75) is 5.75 Å². The predicted octanol–water partition coefficient (Wildman–Crippen LogP) is 4.87. The molecule has 0 atom stereocenters. The lowest BCUT2D eigenvalue weighted by Gasteiger charge is -2.06. The Bertz CT molecular complexity index is 604. The molecule has 2 aromatic rings. The van der Waals surface area contributed by atoms with Crippen molar-refractivity contribution >= 4 is 46.6 Å². The summed E-state index contributed by atoms with van der Waals surface area (Å²) in [5.74, 6) is 1.10. The van der Waals surface area contributed by atoms with E-state index in [1.165, 1.54) is 0 Å². The first-order valence-electron chi connectivity index (χ1n) is 6.01. The van der Waals surface area contributed by atoms with Crippen molar-refractivity contribution in [2.75, 3.05) is 11.1 Å². The number of hydrogen-bond acceptors (Lipinski definition) is 2. The Morgan fingerprint density at radius 1 is 1.05 bits per heavy atom. The molecule has 2 aromatic carbocycles. The lowest BCUT2D eigenvalue weighted by molar-refractivity contribution is -0.113. The van der Waals surface area contributed by atoms with Crippen LogP contribution in [0.2, 0.25) is 10.0 Å². The lowest BCUT2D eigenvalue weighted by Crippen LogP contribution is -2.14. The molecule has 0 saturated carbocycles. The standard InChI is InChI=1S/C15H13Cl2NOS/c16-12-4-1-3-11(7-12)9-20-10-15(19)18-14-6-2-5-13(17)8-14/h1-8H,9-10H2,(H,18,19). The van der Waals surface area contributed by atoms with Crippen LogP contribution in [0.25, 0.3) is 0 Å². The minimum Gasteiger partial charge on any atom is -0.325 e. The van der Waals surface area contributed by atoms with E-state index in [-0.39, 0.29) is 5.91 Å². The highest BCUT2D eigenvalue weighted by atomic mass is 35.5. The molecule has 0 unspecified atom stereocenters. The van der Waals surface area contributed by atoms with Crippen LogP contribution in [0, 0.1) is 0 Å². The van der Waals surface area contributed by atoms with Gasteiger partial charge in [-0.05, 0) is 35.9 Å². The molecule has 0 aliphatic carbocycles. The molecule has 0 aliphatic rings. The van der Waals surface area contributed by atoms with E-state index in [4.69, 9.17) is 23.2 Å². The van der Waals surface area contributed by atoms with E-state index in [0.717, 1.165) is 11.3 Å². The predicted molar refractivity (Wildman–Crippen MR) is 87.7 cm³/mol. The fraction of sp³-hybridized carbons (Fsp3) is 0.133. The maximum atomic E-state index is 11.8. The number of halogens is 2. The van der Waals surface area contributed by atoms with Gasteiger partial charge in [0.15, 0.2) is 0 Å². The van der Waals surface area contributed by atoms with E-state index >= 15 is 0 Å². The molecule has 20 heavy (non-hydrogen) atoms. The van der Waals surface area contributed by atoms with E-state index in [9.17, 15) is 4.79 Å². The van der Waals surface area contributed by atoms with E-state index in [0.29, 0.717) is 21.5 Å². The molecule has 104 valence electrons. The molecule has 5 heteroatoms. The molecule has 1 N–H and O–H groups in total. The summed E-state index contributed by atoms with van der Waals surface area (Å²) in [7, 11) is 0. The number of benzene rings is 2. The molecule has 0 spiro atoms. The Morgan fingerprint density at radius 3 is 2.45 bits per heavy atom. The van der Waals surface area contributed by atoms with Gasteiger partial charge in [0.25, 0.3) is 0 Å². The molecular formula is C15H13Cl2NOS. The van der Waals surface area contributed by atoms with E-state index in [2.05, 4.69) is 5.32 Å². The summed E-state index contributed by atoms with van der Waals surface area (Å²) in [5, 5.41) is 4.13. The molecule has 0 saturated heterocycles. The third-order valence-corrected chi connectivity index (χ3v) is 3.97. The molecule has 2 nitrogen and oxygen atoms in total. The zero-order chi connectivity index (χ0) is 14.4. The Labute approximate surface area is 132 Å². The van der Waals surface area contributed by atoms with Gasteiger partial charge in [0.05, 0.1) is 5.75 Å². The minimum absolute atomic E-state index is 0.0423. The van der Waals surface area contributed by atoms with Crippen LogP contribution >= 0.6 is 35.0 Å². The fourth-order valence-electron chi connectivity index (χ4n) is 1.65. The highest BCUT2D eigenvalue weighted by molar-refractivity contribution is 7.99. The van der Waals surface area contributed by atoms with Crippen molar-refractivity contribution in [3.63, 3.8) is 0 Å². The molecule has 0 aromatic heterocycles. The maximum Gasteiger partial charge on any atom is 0.234 e. The van der Waals surface area contributed by atoms with Crippen LogP contribution < -0.4 is 5.32 Å². The summed E-state index contributed by atoms with van der Waals surface area (Å²) >= 11 is 13.3. The topological polar surface area (TPSA) is 29.1 Å². The third kappa shape index (κ3) is 5.08. The summed E-state index contributed by atoms with van der Waals surface area (Å²) in [6.45, 7) is 0. The summed E-state index contributed by atoms with van der Waals surface area (Å²) < 4.78 is 0. The maximum absolute atomic E-state index is 11.8. The summed E-state index contributed by atoms with van der Waals surface area (Å²) in [6.07, 6.45) is 0. The van der Waals surface area contributed by atoms with Gasteiger partial charge in [0.2, 0.25) is 5.91 Å². The van der Waals surface area contributed by atoms with Crippen LogP contribution in [0.1, 0.15) is 5.56 Å². The molecule has 0 bridgehead atoms. The lowest BCUT2D eigenvalue weighted by atomic mass is 10.2. The molecule has 2 rings (SSSR count). The van der Waals surface area contributed by atoms with Gasteiger partial charge in [-0.15, -0.1) is 11.8 Å². The van der Waals surface area contributed by atoms with Gasteiger partial charge >= 0.3 is 0 Å². The minimum atomic E-state index is -0.0423. The molecule has 1 amide bonds. The zero-order valence-corrected chi connectivity index (χ0v) is 12.9. The van der Waals surface area contributed by atoms with Gasteiger partial charge < -0.3 is 5.32 Å². The van der Waals surface area contributed by atoms with E-state index in [1.807, 2.05) is 30.3 Å². The first kappa shape index (κ1) is 15.2. The Kier molecular flexibility index (Phi) is 5.77. The number of amides is 1. The molecule has 0 fully saturated rings. The van der Waals surface area contributed by atoms with Gasteiger partial charge in [0, 0.05) is 21.5 Å². The fourth-order valence-corrected chi connectivity index (χ4v) is 2.83. The summed E-state index contributed by atoms with van der Waals surface area (Å²) in [5.41, 5.74) is 1.82. The summed E-state index contributed by atoms with van der Waals surface area (Å²) in [4.78, 5) is 11.8. The average Bonchev–Trinajstić information content (AvgIpc) is 2.38. The normalized spacial score (nSPS) is 10.3. The number of thioether (sulfide) groups is 1. The highest BCUT2D eigenvalue weighted by Gasteiger charge is 2.03. The first-order chi connectivity index (χ1) is 9.63. The monoisotopic (exact) mass is 325 g/mol. The molecule has 0 radical (unpaired) electrons. The van der Waals surface area contributed by atoms with Gasteiger partial charge in [-0.1, -0.05) is 41.4 Å². The van der Waals surface area contributed by atoms with E-state index < -0.39 is 0 Å². The van der Waals surface area contributed by atoms with Crippen LogP contribution in [-0.4, -0.2) is 11.7 Å². The van der Waals surface area contributed by atoms with Crippen molar-refractivity contribution in [1.29, 1.82) is 0 Å². The van der Waals surface area contributed by atoms with Crippen molar-refractivity contribution in [3.05, 3.63) is 64.1 Å². The van der Waals surface area contributed by atoms with Gasteiger partial charge in [-0.3, -0.25) is 4.79 Å². The quantitative estimate of drug-likeness (QED) is 0.850. The van der Waals surface area contributed by atoms with Crippen LogP contribution in [0.4, 0.5) is 5.69 Å². The van der Waals surface area contributed by atoms with Crippen LogP contribution in [0.15, 0.2) is 48.5 Å². The number of carbonyl (C=O) groups is 1. The first-order valence-corrected chi connectivity index (χ1v) is 7.92. The number of carbonyl (C=O) groups excluding carboxylic acids is 1. The largest absolute Gasteiger partial charge is 0.325 e. The second kappa shape index (κ2) is 7.58. The SMILES string of the molecule is O=C(CSCc1cccc(Cl)c1)Nc1cccc(Cl)c1. The smallest absolute Gasteiger partial charge is 0.234 e. The molecular weight excluding hydrogens is 313 g/mol. The van der Waals surface area contributed by atoms with Crippen LogP contribution in [-0.2, 0) is 10.5 Å². The van der Waals surface area contributed by atoms with Gasteiger partial charge in [-0.2, -0.15) is 0 Å². The van der Waals surface area contributed by atoms with E-state index in [1.54, 1.807) is 30.0 Å². The zero-order valence-electron chi connectivity index (χ0n) is 10.6. The highest BCUT2D eigenvalue weighted by Crippen LogP contribution is 2.18. The third-order valence-electron chi connectivity index (χ3n) is 2.50. The average molecular weight is 326 g/mol. The number of anilines is 1. The Morgan fingerprint density at radius 2 is 1.75 bits per heavy atom.